The summed E-state index contributed by atoms with van der Waals surface area (Å²) in [5, 5.41) is 18.1. The van der Waals surface area contributed by atoms with Crippen molar-refractivity contribution < 1.29 is 19.4 Å². The highest BCUT2D eigenvalue weighted by molar-refractivity contribution is 5.92. The molecule has 0 bridgehead atoms. The predicted octanol–water partition coefficient (Wildman–Crippen LogP) is 4.73. The summed E-state index contributed by atoms with van der Waals surface area (Å²) < 4.78 is 7.01. The summed E-state index contributed by atoms with van der Waals surface area (Å²) in [6, 6.07) is 15.5. The number of carbonyl (C=O) groups excluding carboxylic acids is 2. The fraction of sp³-hybridized carbons (Fsp3) is 0.452. The van der Waals surface area contributed by atoms with Gasteiger partial charge in [0.1, 0.15) is 11.4 Å². The van der Waals surface area contributed by atoms with Crippen LogP contribution < -0.4 is 5.32 Å². The van der Waals surface area contributed by atoms with E-state index in [1.807, 2.05) is 55.3 Å². The van der Waals surface area contributed by atoms with Crippen LogP contribution in [0.1, 0.15) is 66.8 Å². The van der Waals surface area contributed by atoms with Crippen molar-refractivity contribution in [1.82, 2.24) is 20.0 Å². The Labute approximate surface area is 231 Å². The number of aryl methyl sites for hydroxylation is 2. The number of morpholine rings is 1. The molecule has 0 saturated carbocycles. The maximum Gasteiger partial charge on any atom is 0.272 e. The number of aromatic nitrogens is 2. The fourth-order valence-electron chi connectivity index (χ4n) is 4.95. The number of amides is 2. The Morgan fingerprint density at radius 3 is 2.54 bits per heavy atom. The van der Waals surface area contributed by atoms with E-state index in [-0.39, 0.29) is 23.0 Å². The molecule has 1 fully saturated rings. The van der Waals surface area contributed by atoms with Crippen molar-refractivity contribution in [3.05, 3.63) is 71.0 Å². The van der Waals surface area contributed by atoms with Gasteiger partial charge in [0.25, 0.3) is 5.91 Å². The number of hydrogen-bond donors (Lipinski definition) is 2. The maximum atomic E-state index is 12.5. The van der Waals surface area contributed by atoms with Gasteiger partial charge in [-0.25, -0.2) is 0 Å². The second-order valence-corrected chi connectivity index (χ2v) is 11.0. The minimum atomic E-state index is -0.219. The zero-order valence-electron chi connectivity index (χ0n) is 23.5. The third-order valence-electron chi connectivity index (χ3n) is 7.62. The molecule has 0 aliphatic carbocycles. The number of benzene rings is 2. The highest BCUT2D eigenvalue weighted by Crippen LogP contribution is 2.36. The van der Waals surface area contributed by atoms with E-state index in [4.69, 9.17) is 4.74 Å². The van der Waals surface area contributed by atoms with Crippen LogP contribution in [0.3, 0.4) is 0 Å². The number of nitrogens with one attached hydrogen (secondary N) is 1. The Balaban J connectivity index is 1.33. The maximum absolute atomic E-state index is 12.5. The van der Waals surface area contributed by atoms with Crippen LogP contribution in [0.15, 0.2) is 48.5 Å². The molecular weight excluding hydrogens is 492 g/mol. The molecule has 2 heterocycles. The normalized spacial score (nSPS) is 13.9. The second kappa shape index (κ2) is 12.5. The van der Waals surface area contributed by atoms with E-state index in [2.05, 4.69) is 30.3 Å². The van der Waals surface area contributed by atoms with E-state index in [0.717, 1.165) is 47.2 Å². The molecule has 1 aliphatic rings. The standard InChI is InChI=1S/C31H40N4O4/c1-22-18-27(33-34(22)4)30(38)32-21-23-8-7-9-24(19-23)26-12-11-25(20-28(26)36)31(2,3)13-6-5-10-29(37)35-14-16-39-17-15-35/h7-9,11-12,18-20,36H,5-6,10,13-17,21H2,1-4H3,(H,32,38). The predicted molar refractivity (Wildman–Crippen MR) is 152 cm³/mol. The van der Waals surface area contributed by atoms with Crippen molar-refractivity contribution in [2.45, 2.75) is 58.4 Å². The molecule has 1 aromatic heterocycles. The van der Waals surface area contributed by atoms with Gasteiger partial charge in [0.2, 0.25) is 5.91 Å². The monoisotopic (exact) mass is 532 g/mol. The quantitative estimate of drug-likeness (QED) is 0.368. The third-order valence-corrected chi connectivity index (χ3v) is 7.62. The number of phenolic OH excluding ortho intramolecular Hbond substituents is 1. The molecule has 4 rings (SSSR count). The van der Waals surface area contributed by atoms with E-state index < -0.39 is 0 Å². The molecule has 0 atom stereocenters. The Kier molecular flexibility index (Phi) is 9.07. The van der Waals surface area contributed by atoms with Crippen LogP contribution in [0.25, 0.3) is 11.1 Å². The number of rotatable bonds is 10. The zero-order chi connectivity index (χ0) is 28.0. The largest absolute Gasteiger partial charge is 0.507 e. The van der Waals surface area contributed by atoms with Gasteiger partial charge in [-0.05, 0) is 60.1 Å². The second-order valence-electron chi connectivity index (χ2n) is 11.0. The van der Waals surface area contributed by atoms with E-state index in [9.17, 15) is 14.7 Å². The van der Waals surface area contributed by atoms with Crippen molar-refractivity contribution in [2.24, 2.45) is 7.05 Å². The summed E-state index contributed by atoms with van der Waals surface area (Å²) in [6.45, 7) is 9.27. The van der Waals surface area contributed by atoms with Gasteiger partial charge in [0, 0.05) is 44.4 Å². The molecule has 208 valence electrons. The van der Waals surface area contributed by atoms with Gasteiger partial charge in [-0.1, -0.05) is 50.6 Å². The Hall–Kier alpha value is -3.65. The lowest BCUT2D eigenvalue weighted by Gasteiger charge is -2.28. The Morgan fingerprint density at radius 2 is 1.85 bits per heavy atom. The molecule has 39 heavy (non-hydrogen) atoms. The number of aromatic hydroxyl groups is 1. The van der Waals surface area contributed by atoms with Crippen molar-refractivity contribution in [3.63, 3.8) is 0 Å². The molecular formula is C31H40N4O4. The molecule has 0 spiro atoms. The number of phenols is 1. The first kappa shape index (κ1) is 28.4. The highest BCUT2D eigenvalue weighted by atomic mass is 16.5. The van der Waals surface area contributed by atoms with Gasteiger partial charge < -0.3 is 20.1 Å². The molecule has 8 heteroatoms. The van der Waals surface area contributed by atoms with Crippen LogP contribution in [0, 0.1) is 6.92 Å². The lowest BCUT2D eigenvalue weighted by molar-refractivity contribution is -0.135. The van der Waals surface area contributed by atoms with Crippen molar-refractivity contribution in [1.29, 1.82) is 0 Å². The van der Waals surface area contributed by atoms with Gasteiger partial charge in [0.05, 0.1) is 13.2 Å². The Morgan fingerprint density at radius 1 is 1.08 bits per heavy atom. The summed E-state index contributed by atoms with van der Waals surface area (Å²) in [6.07, 6.45) is 3.29. The van der Waals surface area contributed by atoms with Crippen molar-refractivity contribution >= 4 is 11.8 Å². The molecule has 2 N–H and O–H groups in total. The number of hydrogen-bond acceptors (Lipinski definition) is 5. The van der Waals surface area contributed by atoms with Gasteiger partial charge in [0.15, 0.2) is 0 Å². The fourth-order valence-corrected chi connectivity index (χ4v) is 4.95. The Bertz CT molecular complexity index is 1290. The molecule has 0 unspecified atom stereocenters. The minimum Gasteiger partial charge on any atom is -0.507 e. The summed E-state index contributed by atoms with van der Waals surface area (Å²) in [4.78, 5) is 26.8. The van der Waals surface area contributed by atoms with Crippen molar-refractivity contribution in [2.75, 3.05) is 26.3 Å². The van der Waals surface area contributed by atoms with Gasteiger partial charge in [-0.2, -0.15) is 5.10 Å². The zero-order valence-corrected chi connectivity index (χ0v) is 23.5. The number of nitrogens with zero attached hydrogens (tertiary/aromatic N) is 3. The van der Waals surface area contributed by atoms with Gasteiger partial charge in [-0.3, -0.25) is 14.3 Å². The molecule has 1 saturated heterocycles. The third kappa shape index (κ3) is 7.26. The molecule has 0 radical (unpaired) electrons. The van der Waals surface area contributed by atoms with E-state index >= 15 is 0 Å². The summed E-state index contributed by atoms with van der Waals surface area (Å²) in [7, 11) is 1.81. The SMILES string of the molecule is Cc1cc(C(=O)NCc2cccc(-c3ccc(C(C)(C)CCCCC(=O)N4CCOCC4)cc3O)c2)nn1C. The topological polar surface area (TPSA) is 96.7 Å². The smallest absolute Gasteiger partial charge is 0.272 e. The van der Waals surface area contributed by atoms with Crippen LogP contribution in [0.4, 0.5) is 0 Å². The van der Waals surface area contributed by atoms with Crippen LogP contribution in [-0.2, 0) is 28.5 Å². The summed E-state index contributed by atoms with van der Waals surface area (Å²) in [5.41, 5.74) is 4.82. The molecule has 3 aromatic rings. The average Bonchev–Trinajstić information content (AvgIpc) is 3.28. The van der Waals surface area contributed by atoms with E-state index in [1.54, 1.807) is 10.7 Å². The molecule has 2 aromatic carbocycles. The number of ether oxygens (including phenoxy) is 1. The average molecular weight is 533 g/mol. The minimum absolute atomic E-state index is 0.131. The van der Waals surface area contributed by atoms with Crippen LogP contribution in [-0.4, -0.2) is 57.9 Å². The first-order valence-corrected chi connectivity index (χ1v) is 13.7. The van der Waals surface area contributed by atoms with Crippen molar-refractivity contribution in [3.8, 4) is 16.9 Å². The van der Waals surface area contributed by atoms with Crippen LogP contribution >= 0.6 is 0 Å². The van der Waals surface area contributed by atoms with E-state index in [0.29, 0.717) is 45.0 Å². The first-order valence-electron chi connectivity index (χ1n) is 13.7. The van der Waals surface area contributed by atoms with Gasteiger partial charge >= 0.3 is 0 Å². The van der Waals surface area contributed by atoms with Crippen LogP contribution in [0.2, 0.25) is 0 Å². The highest BCUT2D eigenvalue weighted by Gasteiger charge is 2.23. The van der Waals surface area contributed by atoms with Crippen LogP contribution in [0.5, 0.6) is 5.75 Å². The molecule has 2 amide bonds. The summed E-state index contributed by atoms with van der Waals surface area (Å²) >= 11 is 0. The molecule has 8 nitrogen and oxygen atoms in total. The first-order chi connectivity index (χ1) is 18.6. The lowest BCUT2D eigenvalue weighted by Crippen LogP contribution is -2.40. The summed E-state index contributed by atoms with van der Waals surface area (Å²) in [5.74, 6) is 0.226. The molecule has 1 aliphatic heterocycles. The van der Waals surface area contributed by atoms with Gasteiger partial charge in [-0.15, -0.1) is 0 Å². The lowest BCUT2D eigenvalue weighted by atomic mass is 9.79. The number of unbranched alkanes of at least 4 members (excludes halogenated alkanes) is 1. The number of carbonyl (C=O) groups is 2. The van der Waals surface area contributed by atoms with E-state index in [1.165, 1.54) is 0 Å².